The van der Waals surface area contributed by atoms with Gasteiger partial charge in [-0.2, -0.15) is 0 Å². The Balaban J connectivity index is 2.12. The summed E-state index contributed by atoms with van der Waals surface area (Å²) in [7, 11) is 4.01. The van der Waals surface area contributed by atoms with E-state index in [0.29, 0.717) is 23.3 Å². The van der Waals surface area contributed by atoms with Crippen LogP contribution in [0.5, 0.6) is 0 Å². The summed E-state index contributed by atoms with van der Waals surface area (Å²) >= 11 is 3.26. The topological polar surface area (TPSA) is 36.7 Å². The van der Waals surface area contributed by atoms with E-state index in [4.69, 9.17) is 4.42 Å². The van der Waals surface area contributed by atoms with Crippen LogP contribution in [0.4, 0.5) is 5.69 Å². The van der Waals surface area contributed by atoms with Gasteiger partial charge in [0.15, 0.2) is 4.67 Å². The molecule has 0 radical (unpaired) electrons. The van der Waals surface area contributed by atoms with Gasteiger partial charge < -0.3 is 14.2 Å². The number of anilines is 1. The zero-order chi connectivity index (χ0) is 15.4. The van der Waals surface area contributed by atoms with Crippen LogP contribution in [0.25, 0.3) is 0 Å². The summed E-state index contributed by atoms with van der Waals surface area (Å²) in [5, 5.41) is 0. The van der Waals surface area contributed by atoms with Crippen molar-refractivity contribution in [3.63, 3.8) is 0 Å². The number of hydrogen-bond acceptors (Lipinski definition) is 3. The molecule has 112 valence electrons. The van der Waals surface area contributed by atoms with E-state index < -0.39 is 0 Å². The second-order valence-corrected chi connectivity index (χ2v) is 5.71. The lowest BCUT2D eigenvalue weighted by atomic mass is 10.1. The lowest BCUT2D eigenvalue weighted by Crippen LogP contribution is -2.30. The van der Waals surface area contributed by atoms with Gasteiger partial charge in [-0.25, -0.2) is 0 Å². The average Bonchev–Trinajstić information content (AvgIpc) is 2.90. The highest BCUT2D eigenvalue weighted by atomic mass is 79.9. The van der Waals surface area contributed by atoms with Gasteiger partial charge in [-0.15, -0.1) is 0 Å². The number of benzene rings is 1. The quantitative estimate of drug-likeness (QED) is 0.823. The molecule has 0 aliphatic carbocycles. The first-order valence-electron chi connectivity index (χ1n) is 6.81. The van der Waals surface area contributed by atoms with E-state index in [1.807, 2.05) is 21.0 Å². The highest BCUT2D eigenvalue weighted by Crippen LogP contribution is 2.21. The van der Waals surface area contributed by atoms with E-state index in [1.54, 1.807) is 11.0 Å². The highest BCUT2D eigenvalue weighted by Gasteiger charge is 2.19. The summed E-state index contributed by atoms with van der Waals surface area (Å²) in [5.41, 5.74) is 2.81. The van der Waals surface area contributed by atoms with Crippen molar-refractivity contribution < 1.29 is 9.21 Å². The predicted molar refractivity (Wildman–Crippen MR) is 87.6 cm³/mol. The van der Waals surface area contributed by atoms with Gasteiger partial charge in [0, 0.05) is 32.9 Å². The monoisotopic (exact) mass is 350 g/mol. The molecule has 1 aromatic carbocycles. The molecule has 0 fully saturated rings. The molecule has 0 bridgehead atoms. The molecule has 0 N–H and O–H groups in total. The van der Waals surface area contributed by atoms with Crippen LogP contribution in [0.2, 0.25) is 0 Å². The van der Waals surface area contributed by atoms with Gasteiger partial charge in [0.05, 0.1) is 11.8 Å². The van der Waals surface area contributed by atoms with Crippen LogP contribution in [0, 0.1) is 0 Å². The molecule has 2 aromatic rings. The summed E-state index contributed by atoms with van der Waals surface area (Å²) in [6.07, 6.45) is 1.51. The Kier molecular flexibility index (Phi) is 5.07. The zero-order valence-electron chi connectivity index (χ0n) is 12.5. The third-order valence-corrected chi connectivity index (χ3v) is 3.96. The van der Waals surface area contributed by atoms with Crippen LogP contribution in [0.1, 0.15) is 22.8 Å². The van der Waals surface area contributed by atoms with Crippen LogP contribution in [-0.4, -0.2) is 31.4 Å². The molecule has 0 atom stereocenters. The van der Waals surface area contributed by atoms with Crippen LogP contribution in [0.15, 0.2) is 45.7 Å². The van der Waals surface area contributed by atoms with E-state index in [9.17, 15) is 4.79 Å². The molecule has 4 nitrogen and oxygen atoms in total. The van der Waals surface area contributed by atoms with Crippen LogP contribution in [-0.2, 0) is 6.54 Å². The zero-order valence-corrected chi connectivity index (χ0v) is 14.1. The molecule has 1 aromatic heterocycles. The Morgan fingerprint density at radius 1 is 1.19 bits per heavy atom. The van der Waals surface area contributed by atoms with Gasteiger partial charge in [0.2, 0.25) is 0 Å². The summed E-state index contributed by atoms with van der Waals surface area (Å²) in [4.78, 5) is 16.3. The van der Waals surface area contributed by atoms with E-state index >= 15 is 0 Å². The number of halogens is 1. The minimum Gasteiger partial charge on any atom is -0.457 e. The van der Waals surface area contributed by atoms with Crippen molar-refractivity contribution in [2.45, 2.75) is 13.5 Å². The van der Waals surface area contributed by atoms with E-state index in [1.165, 1.54) is 6.26 Å². The fourth-order valence-electron chi connectivity index (χ4n) is 2.06. The Bertz CT molecular complexity index is 605. The largest absolute Gasteiger partial charge is 0.457 e. The number of hydrogen-bond donors (Lipinski definition) is 0. The summed E-state index contributed by atoms with van der Waals surface area (Å²) in [6, 6.07) is 9.90. The summed E-state index contributed by atoms with van der Waals surface area (Å²) < 4.78 is 5.62. The van der Waals surface area contributed by atoms with Gasteiger partial charge in [0.25, 0.3) is 5.91 Å². The lowest BCUT2D eigenvalue weighted by Gasteiger charge is -2.21. The Morgan fingerprint density at radius 3 is 2.33 bits per heavy atom. The molecule has 1 heterocycles. The highest BCUT2D eigenvalue weighted by molar-refractivity contribution is 9.10. The van der Waals surface area contributed by atoms with Gasteiger partial charge in [-0.3, -0.25) is 4.79 Å². The van der Waals surface area contributed by atoms with Gasteiger partial charge >= 0.3 is 0 Å². The summed E-state index contributed by atoms with van der Waals surface area (Å²) in [6.45, 7) is 3.20. The number of carbonyl (C=O) groups excluding carboxylic acids is 1. The van der Waals surface area contributed by atoms with Crippen molar-refractivity contribution >= 4 is 27.5 Å². The molecular formula is C16H19BrN2O2. The molecule has 1 amide bonds. The van der Waals surface area contributed by atoms with Crippen molar-refractivity contribution in [2.75, 3.05) is 25.5 Å². The minimum absolute atomic E-state index is 0.0326. The lowest BCUT2D eigenvalue weighted by molar-refractivity contribution is 0.0750. The van der Waals surface area contributed by atoms with Gasteiger partial charge in [0.1, 0.15) is 0 Å². The standard InChI is InChI=1S/C16H19BrN2O2/c1-4-19(16(20)14-9-10-21-15(14)17)11-12-5-7-13(8-6-12)18(2)3/h5-10H,4,11H2,1-3H3. The number of furan rings is 1. The first-order valence-corrected chi connectivity index (χ1v) is 7.60. The molecule has 0 spiro atoms. The van der Waals surface area contributed by atoms with Crippen molar-refractivity contribution in [1.29, 1.82) is 0 Å². The average molecular weight is 351 g/mol. The second-order valence-electron chi connectivity index (χ2n) is 4.99. The van der Waals surface area contributed by atoms with Crippen molar-refractivity contribution in [2.24, 2.45) is 0 Å². The maximum Gasteiger partial charge on any atom is 0.258 e. The number of carbonyl (C=O) groups is 1. The van der Waals surface area contributed by atoms with E-state index in [-0.39, 0.29) is 5.91 Å². The molecule has 0 saturated heterocycles. The maximum atomic E-state index is 12.5. The van der Waals surface area contributed by atoms with Crippen LogP contribution in [0.3, 0.4) is 0 Å². The van der Waals surface area contributed by atoms with E-state index in [0.717, 1.165) is 11.3 Å². The Morgan fingerprint density at radius 2 is 1.86 bits per heavy atom. The molecule has 0 unspecified atom stereocenters. The van der Waals surface area contributed by atoms with Crippen molar-refractivity contribution in [3.05, 3.63) is 52.4 Å². The first kappa shape index (κ1) is 15.6. The molecule has 0 aliphatic heterocycles. The van der Waals surface area contributed by atoms with Crippen molar-refractivity contribution in [1.82, 2.24) is 4.90 Å². The Labute approximate surface area is 133 Å². The third-order valence-electron chi connectivity index (χ3n) is 3.34. The minimum atomic E-state index is -0.0326. The fraction of sp³-hybridized carbons (Fsp3) is 0.312. The molecule has 0 aliphatic rings. The van der Waals surface area contributed by atoms with Gasteiger partial charge in [-0.05, 0) is 46.6 Å². The van der Waals surface area contributed by atoms with Crippen molar-refractivity contribution in [3.8, 4) is 0 Å². The van der Waals surface area contributed by atoms with Crippen LogP contribution >= 0.6 is 15.9 Å². The molecule has 5 heteroatoms. The molecule has 0 saturated carbocycles. The maximum absolute atomic E-state index is 12.5. The summed E-state index contributed by atoms with van der Waals surface area (Å²) in [5.74, 6) is -0.0326. The van der Waals surface area contributed by atoms with E-state index in [2.05, 4.69) is 45.1 Å². The Hall–Kier alpha value is -1.75. The first-order chi connectivity index (χ1) is 10.0. The molecule has 2 rings (SSSR count). The fourth-order valence-corrected chi connectivity index (χ4v) is 2.47. The van der Waals surface area contributed by atoms with Crippen LogP contribution < -0.4 is 4.90 Å². The smallest absolute Gasteiger partial charge is 0.258 e. The SMILES string of the molecule is CCN(Cc1ccc(N(C)C)cc1)C(=O)c1ccoc1Br. The van der Waals surface area contributed by atoms with Gasteiger partial charge in [-0.1, -0.05) is 12.1 Å². The third kappa shape index (κ3) is 3.67. The number of amides is 1. The second kappa shape index (κ2) is 6.80. The predicted octanol–water partition coefficient (Wildman–Crippen LogP) is 3.77. The number of nitrogens with zero attached hydrogens (tertiary/aromatic N) is 2. The normalized spacial score (nSPS) is 10.5. The number of rotatable bonds is 5. The molecular weight excluding hydrogens is 332 g/mol. The molecule has 21 heavy (non-hydrogen) atoms.